The number of benzene rings is 2. The third kappa shape index (κ3) is 11.4. The minimum atomic E-state index is -0.789. The third-order valence-electron chi connectivity index (χ3n) is 4.90. The minimum absolute atomic E-state index is 0.0130. The number of carboxylic acids is 1. The van der Waals surface area contributed by atoms with E-state index in [4.69, 9.17) is 14.6 Å². The molecule has 0 aliphatic rings. The van der Waals surface area contributed by atoms with Gasteiger partial charge in [0.2, 0.25) is 0 Å². The van der Waals surface area contributed by atoms with E-state index in [9.17, 15) is 4.79 Å². The van der Waals surface area contributed by atoms with Gasteiger partial charge in [0.1, 0.15) is 12.5 Å². The average molecular weight is 444 g/mol. The molecule has 3 atom stereocenters. The highest BCUT2D eigenvalue weighted by Crippen LogP contribution is 2.05. The molecule has 7 heteroatoms. The van der Waals surface area contributed by atoms with Crippen molar-refractivity contribution < 1.29 is 19.4 Å². The topological polar surface area (TPSA) is 91.9 Å². The predicted octanol–water partition coefficient (Wildman–Crippen LogP) is 2.97. The van der Waals surface area contributed by atoms with Gasteiger partial charge in [-0.2, -0.15) is 0 Å². The molecule has 2 aromatic rings. The van der Waals surface area contributed by atoms with E-state index in [0.717, 1.165) is 17.7 Å². The lowest BCUT2D eigenvalue weighted by molar-refractivity contribution is -0.138. The number of aliphatic carboxylic acids is 1. The van der Waals surface area contributed by atoms with Crippen LogP contribution in [0.25, 0.3) is 0 Å². The van der Waals surface area contributed by atoms with Crippen LogP contribution in [0.4, 0.5) is 0 Å². The van der Waals surface area contributed by atoms with Crippen LogP contribution in [0.3, 0.4) is 0 Å². The molecule has 0 fully saturated rings. The second kappa shape index (κ2) is 15.5. The number of carboxylic acid groups (broad SMARTS) is 1. The first-order chi connectivity index (χ1) is 15.6. The number of ether oxygens (including phenoxy) is 2. The predicted molar refractivity (Wildman–Crippen MR) is 126 cm³/mol. The van der Waals surface area contributed by atoms with E-state index in [1.165, 1.54) is 0 Å². The zero-order chi connectivity index (χ0) is 23.0. The fraction of sp³-hybridized carbons (Fsp3) is 0.480. The van der Waals surface area contributed by atoms with Crippen molar-refractivity contribution in [1.29, 1.82) is 0 Å². The summed E-state index contributed by atoms with van der Waals surface area (Å²) in [5.74, 6) is -0.776. The molecule has 0 aliphatic heterocycles. The van der Waals surface area contributed by atoms with Gasteiger partial charge in [0, 0.05) is 26.1 Å². The highest BCUT2D eigenvalue weighted by atomic mass is 16.5. The van der Waals surface area contributed by atoms with Gasteiger partial charge in [0.25, 0.3) is 0 Å². The number of likely N-dealkylation sites (N-methyl/N-ethyl adjacent to an activating group) is 1. The molecular weight excluding hydrogens is 406 g/mol. The Labute approximate surface area is 191 Å². The molecule has 0 aliphatic carbocycles. The van der Waals surface area contributed by atoms with Crippen molar-refractivity contribution in [3.8, 4) is 0 Å². The number of hydrogen-bond acceptors (Lipinski definition) is 6. The van der Waals surface area contributed by atoms with Crippen molar-refractivity contribution in [2.24, 2.45) is 5.92 Å². The van der Waals surface area contributed by atoms with Crippen molar-refractivity contribution in [2.75, 3.05) is 26.2 Å². The molecule has 0 bridgehead atoms. The second-order valence-corrected chi connectivity index (χ2v) is 7.90. The average Bonchev–Trinajstić information content (AvgIpc) is 2.79. The molecule has 4 N–H and O–H groups in total. The quantitative estimate of drug-likeness (QED) is 0.279. The van der Waals surface area contributed by atoms with Gasteiger partial charge in [-0.05, 0) is 23.6 Å². The summed E-state index contributed by atoms with van der Waals surface area (Å²) in [7, 11) is 0. The Kier molecular flexibility index (Phi) is 12.6. The SMILES string of the molecule is CCNC(CNCC(NCC(C)CC(=O)O)OCc1ccccc1)OCc1ccccc1. The fourth-order valence-corrected chi connectivity index (χ4v) is 3.20. The highest BCUT2D eigenvalue weighted by Gasteiger charge is 2.14. The van der Waals surface area contributed by atoms with Crippen molar-refractivity contribution in [3.63, 3.8) is 0 Å². The second-order valence-electron chi connectivity index (χ2n) is 7.90. The molecule has 7 nitrogen and oxygen atoms in total. The van der Waals surface area contributed by atoms with Crippen LogP contribution in [-0.4, -0.2) is 49.7 Å². The molecule has 0 saturated heterocycles. The Balaban J connectivity index is 1.82. The van der Waals surface area contributed by atoms with Crippen LogP contribution in [0.5, 0.6) is 0 Å². The molecule has 3 unspecified atom stereocenters. The van der Waals surface area contributed by atoms with Crippen molar-refractivity contribution in [1.82, 2.24) is 16.0 Å². The number of hydrogen-bond donors (Lipinski definition) is 4. The maximum absolute atomic E-state index is 10.9. The van der Waals surface area contributed by atoms with Crippen molar-refractivity contribution in [2.45, 2.75) is 45.9 Å². The third-order valence-corrected chi connectivity index (χ3v) is 4.90. The monoisotopic (exact) mass is 443 g/mol. The van der Waals surface area contributed by atoms with E-state index in [1.807, 2.05) is 67.6 Å². The molecule has 2 aromatic carbocycles. The van der Waals surface area contributed by atoms with Crippen LogP contribution in [0.15, 0.2) is 60.7 Å². The Morgan fingerprint density at radius 1 is 0.844 bits per heavy atom. The maximum Gasteiger partial charge on any atom is 0.303 e. The summed E-state index contributed by atoms with van der Waals surface area (Å²) in [6.45, 7) is 7.56. The standard InChI is InChI=1S/C25H37N3O4/c1-3-27-23(31-18-21-10-6-4-7-11-21)16-26-17-24(28-15-20(2)14-25(29)30)32-19-22-12-8-5-9-13-22/h4-13,20,23-24,26-28H,3,14-19H2,1-2H3,(H,29,30). The lowest BCUT2D eigenvalue weighted by Crippen LogP contribution is -2.47. The molecule has 0 aromatic heterocycles. The first-order valence-corrected chi connectivity index (χ1v) is 11.3. The van der Waals surface area contributed by atoms with Gasteiger partial charge in [-0.3, -0.25) is 15.4 Å². The normalized spacial score (nSPS) is 14.1. The molecule has 0 amide bonds. The van der Waals surface area contributed by atoms with Crippen LogP contribution >= 0.6 is 0 Å². The smallest absolute Gasteiger partial charge is 0.303 e. The Bertz CT molecular complexity index is 745. The van der Waals surface area contributed by atoms with Gasteiger partial charge in [-0.15, -0.1) is 0 Å². The van der Waals surface area contributed by atoms with E-state index in [-0.39, 0.29) is 24.8 Å². The van der Waals surface area contributed by atoms with Gasteiger partial charge in [0.15, 0.2) is 0 Å². The van der Waals surface area contributed by atoms with Crippen molar-refractivity contribution in [3.05, 3.63) is 71.8 Å². The molecular formula is C25H37N3O4. The van der Waals surface area contributed by atoms with E-state index >= 15 is 0 Å². The van der Waals surface area contributed by atoms with E-state index in [1.54, 1.807) is 0 Å². The van der Waals surface area contributed by atoms with Crippen LogP contribution in [-0.2, 0) is 27.5 Å². The Morgan fingerprint density at radius 2 is 1.34 bits per heavy atom. The zero-order valence-electron chi connectivity index (χ0n) is 19.1. The summed E-state index contributed by atoms with van der Waals surface area (Å²) in [4.78, 5) is 10.9. The maximum atomic E-state index is 10.9. The van der Waals surface area contributed by atoms with Gasteiger partial charge in [-0.25, -0.2) is 0 Å². The molecule has 2 rings (SSSR count). The van der Waals surface area contributed by atoms with Gasteiger partial charge in [-0.1, -0.05) is 74.5 Å². The summed E-state index contributed by atoms with van der Waals surface area (Å²) in [5, 5.41) is 19.1. The molecule has 176 valence electrons. The lowest BCUT2D eigenvalue weighted by atomic mass is 10.1. The molecule has 32 heavy (non-hydrogen) atoms. The van der Waals surface area contributed by atoms with Gasteiger partial charge < -0.3 is 19.9 Å². The number of nitrogens with one attached hydrogen (secondary N) is 3. The number of carbonyl (C=O) groups is 1. The molecule has 0 spiro atoms. The van der Waals surface area contributed by atoms with Crippen LogP contribution < -0.4 is 16.0 Å². The lowest BCUT2D eigenvalue weighted by Gasteiger charge is -2.24. The molecule has 0 heterocycles. The summed E-state index contributed by atoms with van der Waals surface area (Å²) in [6, 6.07) is 20.1. The van der Waals surface area contributed by atoms with Gasteiger partial charge >= 0.3 is 5.97 Å². The van der Waals surface area contributed by atoms with E-state index in [2.05, 4.69) is 22.9 Å². The zero-order valence-corrected chi connectivity index (χ0v) is 19.1. The summed E-state index contributed by atoms with van der Waals surface area (Å²) in [6.07, 6.45) is -0.245. The molecule has 0 saturated carbocycles. The summed E-state index contributed by atoms with van der Waals surface area (Å²) >= 11 is 0. The number of rotatable bonds is 17. The van der Waals surface area contributed by atoms with Crippen LogP contribution in [0, 0.1) is 5.92 Å². The summed E-state index contributed by atoms with van der Waals surface area (Å²) in [5.41, 5.74) is 2.23. The molecule has 0 radical (unpaired) electrons. The Hall–Kier alpha value is -2.29. The van der Waals surface area contributed by atoms with E-state index in [0.29, 0.717) is 32.8 Å². The Morgan fingerprint density at radius 3 is 1.81 bits per heavy atom. The first-order valence-electron chi connectivity index (χ1n) is 11.3. The van der Waals surface area contributed by atoms with Gasteiger partial charge in [0.05, 0.1) is 13.2 Å². The first kappa shape index (κ1) is 26.0. The minimum Gasteiger partial charge on any atom is -0.481 e. The van der Waals surface area contributed by atoms with Crippen LogP contribution in [0.1, 0.15) is 31.4 Å². The largest absolute Gasteiger partial charge is 0.481 e. The van der Waals surface area contributed by atoms with Crippen molar-refractivity contribution >= 4 is 5.97 Å². The highest BCUT2D eigenvalue weighted by molar-refractivity contribution is 5.66. The fourth-order valence-electron chi connectivity index (χ4n) is 3.20. The van der Waals surface area contributed by atoms with E-state index < -0.39 is 5.97 Å². The summed E-state index contributed by atoms with van der Waals surface area (Å²) < 4.78 is 12.1. The van der Waals surface area contributed by atoms with Crippen LogP contribution in [0.2, 0.25) is 0 Å².